The highest BCUT2D eigenvalue weighted by Gasteiger charge is 2.26. The Balaban J connectivity index is 1.42. The first kappa shape index (κ1) is 18.0. The lowest BCUT2D eigenvalue weighted by Crippen LogP contribution is -2.45. The third-order valence-electron chi connectivity index (χ3n) is 5.65. The summed E-state index contributed by atoms with van der Waals surface area (Å²) in [7, 11) is 0. The van der Waals surface area contributed by atoms with Gasteiger partial charge in [0.1, 0.15) is 5.58 Å². The summed E-state index contributed by atoms with van der Waals surface area (Å²) in [5.41, 5.74) is 4.28. The maximum atomic E-state index is 5.79. The van der Waals surface area contributed by atoms with Crippen molar-refractivity contribution in [2.75, 3.05) is 6.54 Å². The second kappa shape index (κ2) is 7.77. The lowest BCUT2D eigenvalue weighted by atomic mass is 9.92. The average molecular weight is 388 g/mol. The summed E-state index contributed by atoms with van der Waals surface area (Å²) in [5.74, 6) is 0.757. The van der Waals surface area contributed by atoms with Crippen LogP contribution in [-0.2, 0) is 6.54 Å². The Bertz CT molecular complexity index is 1100. The zero-order valence-electron chi connectivity index (χ0n) is 16.4. The number of nitrogens with one attached hydrogen (secondary N) is 2. The van der Waals surface area contributed by atoms with E-state index in [4.69, 9.17) is 4.42 Å². The van der Waals surface area contributed by atoms with Crippen LogP contribution in [0.15, 0.2) is 59.2 Å². The van der Waals surface area contributed by atoms with Gasteiger partial charge in [-0.15, -0.1) is 5.10 Å². The molecule has 1 aliphatic heterocycles. The maximum Gasteiger partial charge on any atom is 0.153 e. The second-order valence-corrected chi connectivity index (χ2v) is 7.55. The van der Waals surface area contributed by atoms with Crippen molar-refractivity contribution in [3.8, 4) is 5.69 Å². The molecule has 2 aromatic heterocycles. The van der Waals surface area contributed by atoms with Crippen LogP contribution in [0, 0.1) is 6.92 Å². The largest absolute Gasteiger partial charge is 0.464 e. The first-order valence-corrected chi connectivity index (χ1v) is 10.1. The van der Waals surface area contributed by atoms with Crippen molar-refractivity contribution < 1.29 is 4.42 Å². The minimum absolute atomic E-state index is 0.307. The molecule has 2 aromatic carbocycles. The highest BCUT2D eigenvalue weighted by atomic mass is 16.3. The van der Waals surface area contributed by atoms with Crippen molar-refractivity contribution in [3.05, 3.63) is 71.7 Å². The van der Waals surface area contributed by atoms with Crippen LogP contribution in [0.3, 0.4) is 0 Å². The molecule has 2 unspecified atom stereocenters. The zero-order chi connectivity index (χ0) is 19.6. The maximum absolute atomic E-state index is 5.79. The molecule has 0 spiro atoms. The minimum atomic E-state index is 0.307. The first-order valence-electron chi connectivity index (χ1n) is 10.1. The van der Waals surface area contributed by atoms with Crippen molar-refractivity contribution in [3.63, 3.8) is 0 Å². The number of furan rings is 1. The number of benzene rings is 2. The van der Waals surface area contributed by atoms with Gasteiger partial charge in [0, 0.05) is 29.6 Å². The van der Waals surface area contributed by atoms with Crippen LogP contribution in [0.1, 0.15) is 35.8 Å². The van der Waals surface area contributed by atoms with Crippen molar-refractivity contribution in [2.24, 2.45) is 0 Å². The summed E-state index contributed by atoms with van der Waals surface area (Å²) in [6, 6.07) is 17.5. The summed E-state index contributed by atoms with van der Waals surface area (Å²) in [5, 5.41) is 20.4. The Labute approximate surface area is 169 Å². The molecule has 1 saturated heterocycles. The van der Waals surface area contributed by atoms with E-state index in [-0.39, 0.29) is 0 Å². The normalized spacial score (nSPS) is 19.6. The fourth-order valence-corrected chi connectivity index (χ4v) is 4.22. The summed E-state index contributed by atoms with van der Waals surface area (Å²) in [4.78, 5) is 0. The third-order valence-corrected chi connectivity index (χ3v) is 5.65. The predicted octanol–water partition coefficient (Wildman–Crippen LogP) is 3.30. The van der Waals surface area contributed by atoms with Crippen molar-refractivity contribution in [2.45, 2.75) is 38.4 Å². The topological polar surface area (TPSA) is 80.8 Å². The lowest BCUT2D eigenvalue weighted by molar-refractivity contribution is 0.304. The first-order chi connectivity index (χ1) is 14.3. The van der Waals surface area contributed by atoms with Gasteiger partial charge in [-0.1, -0.05) is 30.3 Å². The van der Waals surface area contributed by atoms with Crippen LogP contribution in [0.4, 0.5) is 0 Å². The van der Waals surface area contributed by atoms with Gasteiger partial charge in [0.2, 0.25) is 0 Å². The third kappa shape index (κ3) is 3.54. The molecule has 3 heterocycles. The number of rotatable bonds is 5. The number of aryl methyl sites for hydroxylation is 1. The van der Waals surface area contributed by atoms with Gasteiger partial charge in [0.15, 0.2) is 5.82 Å². The summed E-state index contributed by atoms with van der Waals surface area (Å²) in [6.07, 6.45) is 4.04. The van der Waals surface area contributed by atoms with E-state index in [9.17, 15) is 0 Å². The number of piperidine rings is 1. The fourth-order valence-electron chi connectivity index (χ4n) is 4.22. The van der Waals surface area contributed by atoms with Crippen LogP contribution in [0.5, 0.6) is 0 Å². The van der Waals surface area contributed by atoms with E-state index in [1.165, 1.54) is 12.0 Å². The van der Waals surface area contributed by atoms with E-state index in [2.05, 4.69) is 68.6 Å². The van der Waals surface area contributed by atoms with Gasteiger partial charge < -0.3 is 15.1 Å². The quantitative estimate of drug-likeness (QED) is 0.546. The summed E-state index contributed by atoms with van der Waals surface area (Å²) < 4.78 is 7.54. The molecule has 2 atom stereocenters. The molecule has 0 amide bonds. The number of hydrogen-bond donors (Lipinski definition) is 2. The number of aromatic nitrogens is 4. The van der Waals surface area contributed by atoms with E-state index in [1.54, 1.807) is 10.9 Å². The van der Waals surface area contributed by atoms with Crippen molar-refractivity contribution in [1.29, 1.82) is 0 Å². The van der Waals surface area contributed by atoms with Gasteiger partial charge in [-0.2, -0.15) is 4.68 Å². The highest BCUT2D eigenvalue weighted by molar-refractivity contribution is 5.82. The molecule has 29 heavy (non-hydrogen) atoms. The standard InChI is InChI=1S/C22H24N6O/c1-15-25-26-27-28(15)19-12-17-9-11-29-22(17)18(13-19)14-24-20-8-5-10-23-21(20)16-6-3-2-4-7-16/h2-4,6-7,9,11-13,20-21,23-24H,5,8,10,14H2,1H3. The monoisotopic (exact) mass is 388 g/mol. The van der Waals surface area contributed by atoms with Gasteiger partial charge in [-0.25, -0.2) is 0 Å². The van der Waals surface area contributed by atoms with Gasteiger partial charge >= 0.3 is 0 Å². The van der Waals surface area contributed by atoms with E-state index in [0.29, 0.717) is 18.6 Å². The minimum Gasteiger partial charge on any atom is -0.464 e. The Morgan fingerprint density at radius 1 is 1.21 bits per heavy atom. The van der Waals surface area contributed by atoms with Crippen LogP contribution < -0.4 is 10.6 Å². The van der Waals surface area contributed by atoms with E-state index in [1.807, 2.05) is 13.0 Å². The Morgan fingerprint density at radius 2 is 2.10 bits per heavy atom. The fraction of sp³-hybridized carbons (Fsp3) is 0.318. The zero-order valence-corrected chi connectivity index (χ0v) is 16.4. The second-order valence-electron chi connectivity index (χ2n) is 7.55. The molecule has 0 aliphatic carbocycles. The lowest BCUT2D eigenvalue weighted by Gasteiger charge is -2.34. The molecular weight excluding hydrogens is 364 g/mol. The van der Waals surface area contributed by atoms with E-state index in [0.717, 1.165) is 41.0 Å². The molecule has 4 aromatic rings. The van der Waals surface area contributed by atoms with Crippen molar-refractivity contribution >= 4 is 11.0 Å². The molecule has 7 nitrogen and oxygen atoms in total. The van der Waals surface area contributed by atoms with Crippen LogP contribution in [-0.4, -0.2) is 32.8 Å². The molecule has 5 rings (SSSR count). The smallest absolute Gasteiger partial charge is 0.153 e. The average Bonchev–Trinajstić information content (AvgIpc) is 3.41. The molecule has 2 N–H and O–H groups in total. The van der Waals surface area contributed by atoms with Gasteiger partial charge in [-0.3, -0.25) is 0 Å². The van der Waals surface area contributed by atoms with Gasteiger partial charge in [-0.05, 0) is 60.5 Å². The van der Waals surface area contributed by atoms with Crippen LogP contribution in [0.2, 0.25) is 0 Å². The molecule has 0 bridgehead atoms. The summed E-state index contributed by atoms with van der Waals surface area (Å²) in [6.45, 7) is 3.67. The van der Waals surface area contributed by atoms with Crippen LogP contribution >= 0.6 is 0 Å². The summed E-state index contributed by atoms with van der Waals surface area (Å²) >= 11 is 0. The van der Waals surface area contributed by atoms with Crippen molar-refractivity contribution in [1.82, 2.24) is 30.8 Å². The molecule has 7 heteroatoms. The van der Waals surface area contributed by atoms with Gasteiger partial charge in [0.25, 0.3) is 0 Å². The number of fused-ring (bicyclic) bond motifs is 1. The molecule has 1 aliphatic rings. The molecule has 0 saturated carbocycles. The molecule has 148 valence electrons. The highest BCUT2D eigenvalue weighted by Crippen LogP contribution is 2.27. The van der Waals surface area contributed by atoms with Gasteiger partial charge in [0.05, 0.1) is 12.0 Å². The number of tetrazole rings is 1. The Kier molecular flexibility index (Phi) is 4.83. The molecular formula is C22H24N6O. The van der Waals surface area contributed by atoms with Crippen LogP contribution in [0.25, 0.3) is 16.7 Å². The number of hydrogen-bond acceptors (Lipinski definition) is 6. The Hall–Kier alpha value is -3.03. The SMILES string of the molecule is Cc1nnnn1-c1cc(CNC2CCCNC2c2ccccc2)c2occc2c1. The predicted molar refractivity (Wildman–Crippen MR) is 111 cm³/mol. The van der Waals surface area contributed by atoms with E-state index < -0.39 is 0 Å². The molecule has 0 radical (unpaired) electrons. The number of nitrogens with zero attached hydrogens (tertiary/aromatic N) is 4. The molecule has 1 fully saturated rings. The Morgan fingerprint density at radius 3 is 2.93 bits per heavy atom. The van der Waals surface area contributed by atoms with E-state index >= 15 is 0 Å².